The minimum atomic E-state index is 0.405. The highest BCUT2D eigenvalue weighted by molar-refractivity contribution is 6.36. The van der Waals surface area contributed by atoms with E-state index in [-0.39, 0.29) is 0 Å². The van der Waals surface area contributed by atoms with E-state index in [2.05, 4.69) is 20.3 Å². The summed E-state index contributed by atoms with van der Waals surface area (Å²) >= 11 is 6.18. The monoisotopic (exact) mass is 252 g/mol. The van der Waals surface area contributed by atoms with Gasteiger partial charge in [0.25, 0.3) is 0 Å². The first-order chi connectivity index (χ1) is 8.34. The first-order valence-electron chi connectivity index (χ1n) is 5.68. The van der Waals surface area contributed by atoms with Crippen molar-refractivity contribution in [2.45, 2.75) is 18.9 Å². The summed E-state index contributed by atoms with van der Waals surface area (Å²) in [5.41, 5.74) is 1.53. The lowest BCUT2D eigenvalue weighted by Crippen LogP contribution is -2.28. The number of aromatic nitrogens is 3. The zero-order valence-electron chi connectivity index (χ0n) is 9.24. The molecule has 1 fully saturated rings. The van der Waals surface area contributed by atoms with Crippen LogP contribution in [0.2, 0.25) is 5.02 Å². The molecule has 0 amide bonds. The lowest BCUT2D eigenvalue weighted by molar-refractivity contribution is 0.268. The molecule has 3 rings (SSSR count). The zero-order chi connectivity index (χ0) is 11.7. The van der Waals surface area contributed by atoms with Gasteiger partial charge in [-0.3, -0.25) is 0 Å². The van der Waals surface area contributed by atoms with Gasteiger partial charge >= 0.3 is 0 Å². The van der Waals surface area contributed by atoms with Crippen LogP contribution in [-0.2, 0) is 0 Å². The molecule has 0 saturated carbocycles. The molecular weight excluding hydrogens is 240 g/mol. The number of hydrogen-bond donors (Lipinski definition) is 2. The van der Waals surface area contributed by atoms with E-state index in [1.807, 2.05) is 0 Å². The van der Waals surface area contributed by atoms with Crippen LogP contribution in [0.1, 0.15) is 12.8 Å². The number of nitrogens with one attached hydrogen (secondary N) is 2. The van der Waals surface area contributed by atoms with E-state index in [9.17, 15) is 0 Å². The van der Waals surface area contributed by atoms with Crippen molar-refractivity contribution in [3.05, 3.63) is 17.5 Å². The van der Waals surface area contributed by atoms with Gasteiger partial charge in [-0.2, -0.15) is 0 Å². The number of imidazole rings is 1. The Morgan fingerprint density at radius 3 is 3.24 bits per heavy atom. The number of fused-ring (bicyclic) bond motifs is 1. The van der Waals surface area contributed by atoms with E-state index in [4.69, 9.17) is 16.3 Å². The number of ether oxygens (including phenoxy) is 1. The van der Waals surface area contributed by atoms with Crippen LogP contribution in [0.5, 0.6) is 5.88 Å². The third-order valence-electron chi connectivity index (χ3n) is 2.96. The molecule has 1 aliphatic heterocycles. The van der Waals surface area contributed by atoms with Gasteiger partial charge in [-0.1, -0.05) is 11.6 Å². The largest absolute Gasteiger partial charge is 0.475 e. The van der Waals surface area contributed by atoms with Crippen LogP contribution in [0, 0.1) is 0 Å². The fourth-order valence-corrected chi connectivity index (χ4v) is 2.29. The molecular formula is C11H13ClN4O. The standard InChI is InChI=1S/C11H13ClN4O/c12-9-10-8(15-6-16-10)4-14-11(9)17-5-7-2-1-3-13-7/h4,6-7,13H,1-3,5H2,(H,15,16)/t7-/m1/s1. The first kappa shape index (κ1) is 10.8. The smallest absolute Gasteiger partial charge is 0.235 e. The quantitative estimate of drug-likeness (QED) is 0.874. The van der Waals surface area contributed by atoms with Crippen LogP contribution in [0.3, 0.4) is 0 Å². The molecule has 6 heteroatoms. The molecule has 0 bridgehead atoms. The molecule has 0 aliphatic carbocycles. The van der Waals surface area contributed by atoms with Gasteiger partial charge in [0, 0.05) is 6.04 Å². The highest BCUT2D eigenvalue weighted by Gasteiger charge is 2.16. The van der Waals surface area contributed by atoms with Crippen molar-refractivity contribution in [3.63, 3.8) is 0 Å². The van der Waals surface area contributed by atoms with Gasteiger partial charge in [-0.25, -0.2) is 9.97 Å². The zero-order valence-corrected chi connectivity index (χ0v) is 10.00. The Hall–Kier alpha value is -1.33. The maximum Gasteiger partial charge on any atom is 0.235 e. The van der Waals surface area contributed by atoms with Gasteiger partial charge in [0.05, 0.1) is 18.0 Å². The summed E-state index contributed by atoms with van der Waals surface area (Å²) in [4.78, 5) is 11.3. The lowest BCUT2D eigenvalue weighted by Gasteiger charge is -2.12. The molecule has 0 unspecified atom stereocenters. The van der Waals surface area contributed by atoms with E-state index >= 15 is 0 Å². The van der Waals surface area contributed by atoms with Gasteiger partial charge in [-0.15, -0.1) is 0 Å². The average Bonchev–Trinajstić information content (AvgIpc) is 2.99. The van der Waals surface area contributed by atoms with E-state index in [0.29, 0.717) is 29.1 Å². The minimum absolute atomic E-state index is 0.405. The van der Waals surface area contributed by atoms with Gasteiger partial charge in [-0.05, 0) is 19.4 Å². The molecule has 90 valence electrons. The van der Waals surface area contributed by atoms with Crippen molar-refractivity contribution < 1.29 is 4.74 Å². The summed E-state index contributed by atoms with van der Waals surface area (Å²) < 4.78 is 5.64. The summed E-state index contributed by atoms with van der Waals surface area (Å²) in [6.45, 7) is 1.66. The Morgan fingerprint density at radius 2 is 2.41 bits per heavy atom. The highest BCUT2D eigenvalue weighted by atomic mass is 35.5. The second-order valence-corrected chi connectivity index (χ2v) is 4.52. The number of halogens is 1. The number of H-pyrrole nitrogens is 1. The summed E-state index contributed by atoms with van der Waals surface area (Å²) in [5, 5.41) is 3.83. The van der Waals surface area contributed by atoms with Crippen LogP contribution in [0.4, 0.5) is 0 Å². The number of rotatable bonds is 3. The van der Waals surface area contributed by atoms with Gasteiger partial charge < -0.3 is 15.0 Å². The topological polar surface area (TPSA) is 62.8 Å². The van der Waals surface area contributed by atoms with Crippen molar-refractivity contribution in [2.75, 3.05) is 13.2 Å². The lowest BCUT2D eigenvalue weighted by atomic mass is 10.2. The van der Waals surface area contributed by atoms with E-state index < -0.39 is 0 Å². The van der Waals surface area contributed by atoms with Crippen LogP contribution in [0.15, 0.2) is 12.5 Å². The average molecular weight is 253 g/mol. The van der Waals surface area contributed by atoms with Crippen LogP contribution in [-0.4, -0.2) is 34.1 Å². The molecule has 5 nitrogen and oxygen atoms in total. The number of aromatic amines is 1. The Labute approximate surface area is 104 Å². The SMILES string of the molecule is Clc1c(OC[C@H]2CCCN2)ncc2[nH]cnc12. The maximum absolute atomic E-state index is 6.18. The summed E-state index contributed by atoms with van der Waals surface area (Å²) in [7, 11) is 0. The van der Waals surface area contributed by atoms with Crippen molar-refractivity contribution >= 4 is 22.6 Å². The van der Waals surface area contributed by atoms with E-state index in [0.717, 1.165) is 18.5 Å². The fraction of sp³-hybridized carbons (Fsp3) is 0.455. The Bertz CT molecular complexity index is 521. The van der Waals surface area contributed by atoms with Gasteiger partial charge in [0.1, 0.15) is 17.1 Å². The molecule has 1 saturated heterocycles. The van der Waals surface area contributed by atoms with Crippen molar-refractivity contribution in [1.82, 2.24) is 20.3 Å². The summed E-state index contributed by atoms with van der Waals surface area (Å²) in [5.74, 6) is 0.458. The molecule has 2 N–H and O–H groups in total. The molecule has 0 aromatic carbocycles. The second kappa shape index (κ2) is 4.50. The molecule has 3 heterocycles. The normalized spacial score (nSPS) is 19.9. The van der Waals surface area contributed by atoms with Crippen molar-refractivity contribution in [3.8, 4) is 5.88 Å². The molecule has 17 heavy (non-hydrogen) atoms. The molecule has 2 aromatic heterocycles. The Balaban J connectivity index is 1.77. The van der Waals surface area contributed by atoms with Gasteiger partial charge in [0.15, 0.2) is 0 Å². The summed E-state index contributed by atoms with van der Waals surface area (Å²) in [6.07, 6.45) is 5.63. The highest BCUT2D eigenvalue weighted by Crippen LogP contribution is 2.28. The minimum Gasteiger partial charge on any atom is -0.475 e. The van der Waals surface area contributed by atoms with Gasteiger partial charge in [0.2, 0.25) is 5.88 Å². The molecule has 1 atom stereocenters. The maximum atomic E-state index is 6.18. The predicted octanol–water partition coefficient (Wildman–Crippen LogP) is 1.74. The third kappa shape index (κ3) is 2.08. The number of hydrogen-bond acceptors (Lipinski definition) is 4. The molecule has 0 radical (unpaired) electrons. The van der Waals surface area contributed by atoms with Crippen LogP contribution >= 0.6 is 11.6 Å². The van der Waals surface area contributed by atoms with Crippen LogP contribution < -0.4 is 10.1 Å². The number of pyridine rings is 1. The second-order valence-electron chi connectivity index (χ2n) is 4.15. The molecule has 2 aromatic rings. The van der Waals surface area contributed by atoms with Crippen molar-refractivity contribution in [1.29, 1.82) is 0 Å². The summed E-state index contributed by atoms with van der Waals surface area (Å²) in [6, 6.07) is 0.405. The Morgan fingerprint density at radius 1 is 1.47 bits per heavy atom. The number of nitrogens with zero attached hydrogens (tertiary/aromatic N) is 2. The fourth-order valence-electron chi connectivity index (χ4n) is 2.04. The molecule has 0 spiro atoms. The third-order valence-corrected chi connectivity index (χ3v) is 3.30. The molecule has 1 aliphatic rings. The Kier molecular flexibility index (Phi) is 2.86. The van der Waals surface area contributed by atoms with E-state index in [1.54, 1.807) is 12.5 Å². The first-order valence-corrected chi connectivity index (χ1v) is 6.06. The predicted molar refractivity (Wildman–Crippen MR) is 65.4 cm³/mol. The van der Waals surface area contributed by atoms with E-state index in [1.165, 1.54) is 6.42 Å². The van der Waals surface area contributed by atoms with Crippen molar-refractivity contribution in [2.24, 2.45) is 0 Å². The van der Waals surface area contributed by atoms with Crippen LogP contribution in [0.25, 0.3) is 11.0 Å².